The SMILES string of the molecule is CSN1C(=O)CCC(C)C1=O. The third-order valence-corrected chi connectivity index (χ3v) is 2.57. The maximum atomic E-state index is 11.3. The average molecular weight is 173 g/mol. The van der Waals surface area contributed by atoms with Crippen molar-refractivity contribution in [3.05, 3.63) is 0 Å². The Morgan fingerprint density at radius 1 is 1.55 bits per heavy atom. The molecule has 11 heavy (non-hydrogen) atoms. The quantitative estimate of drug-likeness (QED) is 0.439. The van der Waals surface area contributed by atoms with E-state index < -0.39 is 0 Å². The Morgan fingerprint density at radius 2 is 2.18 bits per heavy atom. The molecule has 0 saturated carbocycles. The average Bonchev–Trinajstić information content (AvgIpc) is 1.99. The minimum Gasteiger partial charge on any atom is -0.273 e. The van der Waals surface area contributed by atoms with Gasteiger partial charge in [0.1, 0.15) is 0 Å². The van der Waals surface area contributed by atoms with Gasteiger partial charge in [-0.05, 0) is 18.4 Å². The van der Waals surface area contributed by atoms with Crippen molar-refractivity contribution in [2.45, 2.75) is 19.8 Å². The normalized spacial score (nSPS) is 26.0. The molecule has 3 nitrogen and oxygen atoms in total. The molecule has 0 radical (unpaired) electrons. The van der Waals surface area contributed by atoms with E-state index in [2.05, 4.69) is 0 Å². The molecule has 1 heterocycles. The number of nitrogens with zero attached hydrogens (tertiary/aromatic N) is 1. The molecule has 62 valence electrons. The van der Waals surface area contributed by atoms with Crippen molar-refractivity contribution >= 4 is 23.8 Å². The van der Waals surface area contributed by atoms with Crippen LogP contribution in [-0.4, -0.2) is 22.4 Å². The van der Waals surface area contributed by atoms with Crippen LogP contribution in [0, 0.1) is 5.92 Å². The highest BCUT2D eigenvalue weighted by Crippen LogP contribution is 2.22. The summed E-state index contributed by atoms with van der Waals surface area (Å²) in [6.45, 7) is 1.86. The summed E-state index contributed by atoms with van der Waals surface area (Å²) in [5.41, 5.74) is 0. The Hall–Kier alpha value is -0.510. The number of hydrogen-bond acceptors (Lipinski definition) is 3. The van der Waals surface area contributed by atoms with Crippen LogP contribution in [0.3, 0.4) is 0 Å². The fourth-order valence-electron chi connectivity index (χ4n) is 1.08. The Kier molecular flexibility index (Phi) is 2.54. The maximum absolute atomic E-state index is 11.3. The van der Waals surface area contributed by atoms with E-state index in [1.807, 2.05) is 6.92 Å². The Balaban J connectivity index is 2.71. The first kappa shape index (κ1) is 8.59. The molecule has 4 heteroatoms. The molecule has 0 aliphatic carbocycles. The predicted octanol–water partition coefficient (Wildman–Crippen LogP) is 1.05. The fourth-order valence-corrected chi connectivity index (χ4v) is 1.73. The van der Waals surface area contributed by atoms with E-state index in [1.54, 1.807) is 6.26 Å². The molecule has 1 aliphatic rings. The van der Waals surface area contributed by atoms with E-state index in [0.29, 0.717) is 12.8 Å². The van der Waals surface area contributed by atoms with Crippen molar-refractivity contribution < 1.29 is 9.59 Å². The fraction of sp³-hybridized carbons (Fsp3) is 0.714. The van der Waals surface area contributed by atoms with E-state index in [9.17, 15) is 9.59 Å². The summed E-state index contributed by atoms with van der Waals surface area (Å²) in [5, 5.41) is 0. The highest BCUT2D eigenvalue weighted by molar-refractivity contribution is 7.97. The van der Waals surface area contributed by atoms with Gasteiger partial charge in [0.15, 0.2) is 0 Å². The number of carbonyl (C=O) groups is 2. The van der Waals surface area contributed by atoms with Gasteiger partial charge in [-0.3, -0.25) is 9.59 Å². The molecule has 1 unspecified atom stereocenters. The van der Waals surface area contributed by atoms with Crippen LogP contribution in [0.15, 0.2) is 0 Å². The van der Waals surface area contributed by atoms with Gasteiger partial charge >= 0.3 is 0 Å². The minimum absolute atomic E-state index is 0.0140. The van der Waals surface area contributed by atoms with Gasteiger partial charge in [-0.15, -0.1) is 0 Å². The molecule has 1 rings (SSSR count). The lowest BCUT2D eigenvalue weighted by Crippen LogP contribution is -2.39. The summed E-state index contributed by atoms with van der Waals surface area (Å²) in [4.78, 5) is 22.3. The molecule has 1 aliphatic heterocycles. The van der Waals surface area contributed by atoms with E-state index in [0.717, 1.165) is 0 Å². The summed E-state index contributed by atoms with van der Waals surface area (Å²) in [6, 6.07) is 0. The molecular formula is C7H11NO2S. The first-order valence-electron chi connectivity index (χ1n) is 3.57. The first-order chi connectivity index (χ1) is 5.16. The Labute approximate surface area is 70.3 Å². The molecule has 0 aromatic heterocycles. The summed E-state index contributed by atoms with van der Waals surface area (Å²) >= 11 is 1.20. The standard InChI is InChI=1S/C7H11NO2S/c1-5-3-4-6(9)8(11-2)7(5)10/h5H,3-4H2,1-2H3. The second kappa shape index (κ2) is 3.26. The molecule has 0 spiro atoms. The molecule has 0 N–H and O–H groups in total. The zero-order chi connectivity index (χ0) is 8.43. The topological polar surface area (TPSA) is 37.4 Å². The highest BCUT2D eigenvalue weighted by atomic mass is 32.2. The van der Waals surface area contributed by atoms with Crippen LogP contribution in [0.4, 0.5) is 0 Å². The van der Waals surface area contributed by atoms with Crippen LogP contribution < -0.4 is 0 Å². The van der Waals surface area contributed by atoms with Crippen molar-refractivity contribution in [3.8, 4) is 0 Å². The molecule has 2 amide bonds. The van der Waals surface area contributed by atoms with Gasteiger partial charge in [-0.1, -0.05) is 6.92 Å². The molecular weight excluding hydrogens is 162 g/mol. The molecule has 1 fully saturated rings. The van der Waals surface area contributed by atoms with Gasteiger partial charge in [0, 0.05) is 18.6 Å². The van der Waals surface area contributed by atoms with Crippen molar-refractivity contribution in [1.29, 1.82) is 0 Å². The zero-order valence-corrected chi connectivity index (χ0v) is 7.48. The van der Waals surface area contributed by atoms with Gasteiger partial charge in [0.05, 0.1) is 0 Å². The van der Waals surface area contributed by atoms with E-state index in [-0.39, 0.29) is 17.7 Å². The molecule has 0 aromatic carbocycles. The highest BCUT2D eigenvalue weighted by Gasteiger charge is 2.30. The van der Waals surface area contributed by atoms with Crippen LogP contribution in [0.25, 0.3) is 0 Å². The molecule has 1 saturated heterocycles. The predicted molar refractivity (Wildman–Crippen MR) is 43.8 cm³/mol. The third kappa shape index (κ3) is 1.56. The molecule has 1 atom stereocenters. The lowest BCUT2D eigenvalue weighted by Gasteiger charge is -2.26. The summed E-state index contributed by atoms with van der Waals surface area (Å²) in [5.74, 6) is -0.0884. The first-order valence-corrected chi connectivity index (χ1v) is 4.76. The van der Waals surface area contributed by atoms with Gasteiger partial charge in [0.2, 0.25) is 11.8 Å². The monoisotopic (exact) mass is 173 g/mol. The maximum Gasteiger partial charge on any atom is 0.242 e. The summed E-state index contributed by atoms with van der Waals surface area (Å²) < 4.78 is 1.26. The lowest BCUT2D eigenvalue weighted by molar-refractivity contribution is -0.143. The van der Waals surface area contributed by atoms with E-state index in [1.165, 1.54) is 16.3 Å². The smallest absolute Gasteiger partial charge is 0.242 e. The van der Waals surface area contributed by atoms with Crippen molar-refractivity contribution in [1.82, 2.24) is 4.31 Å². The van der Waals surface area contributed by atoms with Crippen LogP contribution in [0.1, 0.15) is 19.8 Å². The lowest BCUT2D eigenvalue weighted by atomic mass is 10.0. The van der Waals surface area contributed by atoms with Crippen LogP contribution in [0.5, 0.6) is 0 Å². The summed E-state index contributed by atoms with van der Waals surface area (Å²) in [7, 11) is 0. The van der Waals surface area contributed by atoms with Crippen molar-refractivity contribution in [3.63, 3.8) is 0 Å². The minimum atomic E-state index is -0.0550. The number of amides is 2. The number of piperidine rings is 1. The second-order valence-electron chi connectivity index (χ2n) is 2.65. The third-order valence-electron chi connectivity index (χ3n) is 1.82. The van der Waals surface area contributed by atoms with Crippen LogP contribution in [-0.2, 0) is 9.59 Å². The Bertz CT molecular complexity index is 193. The number of imide groups is 1. The van der Waals surface area contributed by atoms with Gasteiger partial charge in [-0.25, -0.2) is 4.31 Å². The Morgan fingerprint density at radius 3 is 2.64 bits per heavy atom. The zero-order valence-electron chi connectivity index (χ0n) is 6.66. The van der Waals surface area contributed by atoms with Crippen molar-refractivity contribution in [2.75, 3.05) is 6.26 Å². The van der Waals surface area contributed by atoms with Crippen LogP contribution >= 0.6 is 11.9 Å². The number of carbonyl (C=O) groups excluding carboxylic acids is 2. The van der Waals surface area contributed by atoms with Gasteiger partial charge < -0.3 is 0 Å². The van der Waals surface area contributed by atoms with E-state index >= 15 is 0 Å². The van der Waals surface area contributed by atoms with Gasteiger partial charge in [-0.2, -0.15) is 0 Å². The number of rotatable bonds is 1. The number of hydrogen-bond donors (Lipinski definition) is 0. The molecule has 0 bridgehead atoms. The van der Waals surface area contributed by atoms with Gasteiger partial charge in [0.25, 0.3) is 0 Å². The second-order valence-corrected chi connectivity index (χ2v) is 3.38. The van der Waals surface area contributed by atoms with Crippen LogP contribution in [0.2, 0.25) is 0 Å². The summed E-state index contributed by atoms with van der Waals surface area (Å²) in [6.07, 6.45) is 2.95. The molecule has 0 aromatic rings. The van der Waals surface area contributed by atoms with Crippen molar-refractivity contribution in [2.24, 2.45) is 5.92 Å². The largest absolute Gasteiger partial charge is 0.273 e. The van der Waals surface area contributed by atoms with E-state index in [4.69, 9.17) is 0 Å².